The van der Waals surface area contributed by atoms with Crippen LogP contribution in [0.2, 0.25) is 0 Å². The van der Waals surface area contributed by atoms with Gasteiger partial charge in [0.1, 0.15) is 0 Å². The van der Waals surface area contributed by atoms with E-state index in [9.17, 15) is 0 Å². The lowest BCUT2D eigenvalue weighted by Crippen LogP contribution is -2.21. The molecule has 0 fully saturated rings. The molecule has 0 radical (unpaired) electrons. The molecule has 0 spiro atoms. The van der Waals surface area contributed by atoms with Crippen molar-refractivity contribution in [1.82, 2.24) is 0 Å². The number of fused-ring (bicyclic) bond motifs is 1. The summed E-state index contributed by atoms with van der Waals surface area (Å²) in [6.45, 7) is 4.38. The maximum Gasteiger partial charge on any atom is 0.0346 e. The van der Waals surface area contributed by atoms with Crippen molar-refractivity contribution in [1.29, 1.82) is 0 Å². The Morgan fingerprint density at radius 1 is 1.25 bits per heavy atom. The maximum atomic E-state index is 4.26. The van der Waals surface area contributed by atoms with E-state index >= 15 is 0 Å². The van der Waals surface area contributed by atoms with E-state index in [2.05, 4.69) is 42.5 Å². The summed E-state index contributed by atoms with van der Waals surface area (Å²) in [5.74, 6) is 0. The van der Waals surface area contributed by atoms with Crippen LogP contribution in [0.15, 0.2) is 33.6 Å². The van der Waals surface area contributed by atoms with Gasteiger partial charge in [-0.15, -0.1) is 0 Å². The molecule has 1 nitrogen and oxygen atoms in total. The molecule has 0 saturated carbocycles. The van der Waals surface area contributed by atoms with Crippen LogP contribution < -0.4 is 0 Å². The van der Waals surface area contributed by atoms with Crippen molar-refractivity contribution in [3.8, 4) is 0 Å². The molecule has 1 aliphatic heterocycles. The molecule has 0 unspecified atom stereocenters. The summed E-state index contributed by atoms with van der Waals surface area (Å²) in [6, 6.07) is 8.44. The predicted octanol–water partition coefficient (Wildman–Crippen LogP) is 3.06. The first-order valence-corrected chi connectivity index (χ1v) is 4.78. The highest BCUT2D eigenvalue weighted by molar-refractivity contribution is 7.98. The van der Waals surface area contributed by atoms with E-state index < -0.39 is 0 Å². The number of nitrogens with zero attached hydrogens (tertiary/aromatic N) is 1. The highest BCUT2D eigenvalue weighted by Crippen LogP contribution is 2.36. The summed E-state index contributed by atoms with van der Waals surface area (Å²) < 4.78 is 4.26. The summed E-state index contributed by atoms with van der Waals surface area (Å²) in [5, 5.41) is 0. The van der Waals surface area contributed by atoms with Crippen LogP contribution in [0.1, 0.15) is 19.4 Å². The van der Waals surface area contributed by atoms with Gasteiger partial charge in [-0.3, -0.25) is 0 Å². The van der Waals surface area contributed by atoms with E-state index in [0.29, 0.717) is 0 Å². The molecule has 1 aromatic carbocycles. The summed E-state index contributed by atoms with van der Waals surface area (Å²) in [5.41, 5.74) is 1.48. The van der Waals surface area contributed by atoms with Crippen molar-refractivity contribution in [3.05, 3.63) is 29.8 Å². The zero-order valence-electron chi connectivity index (χ0n) is 7.24. The molecule has 1 heterocycles. The Hall–Kier alpha value is -0.760. The second kappa shape index (κ2) is 2.63. The first-order chi connectivity index (χ1) is 5.70. The van der Waals surface area contributed by atoms with Crippen LogP contribution in [-0.2, 0) is 5.41 Å². The van der Waals surface area contributed by atoms with E-state index in [1.165, 1.54) is 10.5 Å². The van der Waals surface area contributed by atoms with E-state index in [4.69, 9.17) is 0 Å². The van der Waals surface area contributed by atoms with Crippen molar-refractivity contribution in [2.45, 2.75) is 24.2 Å². The van der Waals surface area contributed by atoms with Crippen LogP contribution in [0.25, 0.3) is 0 Å². The molecular formula is C10H11NS. The molecule has 0 aromatic heterocycles. The van der Waals surface area contributed by atoms with Gasteiger partial charge in [0.25, 0.3) is 0 Å². The summed E-state index contributed by atoms with van der Waals surface area (Å²) in [7, 11) is 0. The van der Waals surface area contributed by atoms with Crippen molar-refractivity contribution in [3.63, 3.8) is 0 Å². The molecule has 1 aromatic rings. The minimum absolute atomic E-state index is 0.0991. The van der Waals surface area contributed by atoms with Crippen molar-refractivity contribution < 1.29 is 0 Å². The highest BCUT2D eigenvalue weighted by atomic mass is 32.2. The molecule has 0 saturated heterocycles. The van der Waals surface area contributed by atoms with Gasteiger partial charge in [-0.1, -0.05) is 32.0 Å². The number of hydrogen-bond donors (Lipinski definition) is 0. The Labute approximate surface area is 77.0 Å². The molecule has 62 valence electrons. The van der Waals surface area contributed by atoms with Gasteiger partial charge in [0.2, 0.25) is 0 Å². The van der Waals surface area contributed by atoms with Crippen molar-refractivity contribution in [2.24, 2.45) is 4.40 Å². The third kappa shape index (κ3) is 1.16. The third-order valence-electron chi connectivity index (χ3n) is 2.11. The zero-order chi connectivity index (χ0) is 8.60. The Bertz CT molecular complexity index is 328. The SMILES string of the molecule is CC1(C)C=NSc2ccccc21. The second-order valence-electron chi connectivity index (χ2n) is 3.54. The smallest absolute Gasteiger partial charge is 0.0346 e. The number of rotatable bonds is 0. The van der Waals surface area contributed by atoms with Crippen molar-refractivity contribution in [2.75, 3.05) is 0 Å². The van der Waals surface area contributed by atoms with Gasteiger partial charge in [-0.05, 0) is 11.6 Å². The minimum atomic E-state index is 0.0991. The van der Waals surface area contributed by atoms with E-state index in [-0.39, 0.29) is 5.41 Å². The lowest BCUT2D eigenvalue weighted by molar-refractivity contribution is 0.714. The summed E-state index contributed by atoms with van der Waals surface area (Å²) >= 11 is 1.56. The minimum Gasteiger partial charge on any atom is -0.223 e. The first-order valence-electron chi connectivity index (χ1n) is 4.01. The third-order valence-corrected chi connectivity index (χ3v) is 2.87. The molecule has 0 N–H and O–H groups in total. The zero-order valence-corrected chi connectivity index (χ0v) is 8.06. The van der Waals surface area contributed by atoms with Gasteiger partial charge >= 0.3 is 0 Å². The van der Waals surface area contributed by atoms with Crippen LogP contribution in [-0.4, -0.2) is 6.21 Å². The van der Waals surface area contributed by atoms with Crippen LogP contribution in [0.4, 0.5) is 0 Å². The number of hydrogen-bond acceptors (Lipinski definition) is 2. The van der Waals surface area contributed by atoms with Gasteiger partial charge < -0.3 is 0 Å². The largest absolute Gasteiger partial charge is 0.223 e. The fraction of sp³-hybridized carbons (Fsp3) is 0.300. The average molecular weight is 177 g/mol. The summed E-state index contributed by atoms with van der Waals surface area (Å²) in [4.78, 5) is 1.28. The number of benzene rings is 1. The maximum absolute atomic E-state index is 4.26. The Morgan fingerprint density at radius 2 is 2.00 bits per heavy atom. The molecule has 12 heavy (non-hydrogen) atoms. The molecular weight excluding hydrogens is 166 g/mol. The molecule has 2 heteroatoms. The average Bonchev–Trinajstić information content (AvgIpc) is 2.04. The molecule has 1 aliphatic rings. The van der Waals surface area contributed by atoms with Crippen molar-refractivity contribution >= 4 is 18.2 Å². The Morgan fingerprint density at radius 3 is 2.75 bits per heavy atom. The molecule has 2 rings (SSSR count). The van der Waals surface area contributed by atoms with Crippen LogP contribution >= 0.6 is 11.9 Å². The monoisotopic (exact) mass is 177 g/mol. The molecule has 0 amide bonds. The molecule has 0 aliphatic carbocycles. The van der Waals surface area contributed by atoms with Crippen LogP contribution in [0.5, 0.6) is 0 Å². The fourth-order valence-electron chi connectivity index (χ4n) is 1.36. The topological polar surface area (TPSA) is 12.4 Å². The van der Waals surface area contributed by atoms with Gasteiger partial charge in [0, 0.05) is 28.5 Å². The van der Waals surface area contributed by atoms with Gasteiger partial charge in [-0.25, -0.2) is 4.40 Å². The first kappa shape index (κ1) is 7.87. The van der Waals surface area contributed by atoms with E-state index in [1.54, 1.807) is 11.9 Å². The van der Waals surface area contributed by atoms with E-state index in [0.717, 1.165) is 0 Å². The Balaban J connectivity index is 2.58. The second-order valence-corrected chi connectivity index (χ2v) is 4.38. The van der Waals surface area contributed by atoms with Gasteiger partial charge in [0.05, 0.1) is 0 Å². The predicted molar refractivity (Wildman–Crippen MR) is 53.8 cm³/mol. The highest BCUT2D eigenvalue weighted by Gasteiger charge is 2.24. The fourth-order valence-corrected chi connectivity index (χ4v) is 2.36. The quantitative estimate of drug-likeness (QED) is 0.555. The molecule has 0 bridgehead atoms. The normalized spacial score (nSPS) is 18.8. The van der Waals surface area contributed by atoms with Crippen LogP contribution in [0.3, 0.4) is 0 Å². The van der Waals surface area contributed by atoms with Crippen LogP contribution in [0, 0.1) is 0 Å². The summed E-state index contributed by atoms with van der Waals surface area (Å²) in [6.07, 6.45) is 2.01. The Kier molecular flexibility index (Phi) is 1.72. The van der Waals surface area contributed by atoms with E-state index in [1.807, 2.05) is 6.21 Å². The lowest BCUT2D eigenvalue weighted by atomic mass is 9.86. The lowest BCUT2D eigenvalue weighted by Gasteiger charge is -2.25. The molecule has 0 atom stereocenters. The van der Waals surface area contributed by atoms with Gasteiger partial charge in [-0.2, -0.15) is 0 Å². The standard InChI is InChI=1S/C10H11NS/c1-10(2)7-11-12-9-6-4-3-5-8(9)10/h3-7H,1-2H3. The van der Waals surface area contributed by atoms with Gasteiger partial charge in [0.15, 0.2) is 0 Å².